The maximum absolute atomic E-state index is 12.6. The summed E-state index contributed by atoms with van der Waals surface area (Å²) >= 11 is 1.58. The summed E-state index contributed by atoms with van der Waals surface area (Å²) < 4.78 is 0. The van der Waals surface area contributed by atoms with Gasteiger partial charge in [0.25, 0.3) is 0 Å². The zero-order valence-corrected chi connectivity index (χ0v) is 14.8. The van der Waals surface area contributed by atoms with E-state index in [9.17, 15) is 4.79 Å². The van der Waals surface area contributed by atoms with Crippen LogP contribution in [0.1, 0.15) is 20.8 Å². The van der Waals surface area contributed by atoms with E-state index < -0.39 is 0 Å². The average Bonchev–Trinajstić information content (AvgIpc) is 3.13. The highest BCUT2D eigenvalue weighted by molar-refractivity contribution is 7.17. The Labute approximate surface area is 151 Å². The van der Waals surface area contributed by atoms with Gasteiger partial charge in [-0.15, -0.1) is 11.3 Å². The molecule has 0 fully saturated rings. The van der Waals surface area contributed by atoms with Crippen LogP contribution in [-0.2, 0) is 6.42 Å². The molecular weight excluding hydrogens is 324 g/mol. The molecule has 0 saturated heterocycles. The van der Waals surface area contributed by atoms with Crippen LogP contribution in [0.3, 0.4) is 0 Å². The predicted octanol–water partition coefficient (Wildman–Crippen LogP) is 6.30. The number of rotatable bonds is 4. The van der Waals surface area contributed by atoms with Gasteiger partial charge in [-0.2, -0.15) is 0 Å². The lowest BCUT2D eigenvalue weighted by Crippen LogP contribution is -2.00. The summed E-state index contributed by atoms with van der Waals surface area (Å²) in [5, 5.41) is 2.46. The fourth-order valence-electron chi connectivity index (χ4n) is 2.96. The van der Waals surface area contributed by atoms with Crippen molar-refractivity contribution in [3.05, 3.63) is 94.9 Å². The van der Waals surface area contributed by atoms with Crippen LogP contribution in [0.25, 0.3) is 21.2 Å². The van der Waals surface area contributed by atoms with Crippen LogP contribution in [-0.4, -0.2) is 5.78 Å². The van der Waals surface area contributed by atoms with Crippen molar-refractivity contribution in [2.75, 3.05) is 0 Å². The second kappa shape index (κ2) is 6.66. The lowest BCUT2D eigenvalue weighted by Gasteiger charge is -2.02. The first-order chi connectivity index (χ1) is 12.2. The zero-order chi connectivity index (χ0) is 17.2. The Bertz CT molecular complexity index is 1040. The van der Waals surface area contributed by atoms with Crippen LogP contribution < -0.4 is 0 Å². The SMILES string of the molecule is Cc1ccc(CC(=O)c2ccc(-c3ccc4ccccc4c3)s2)cc1. The van der Waals surface area contributed by atoms with Gasteiger partial charge < -0.3 is 0 Å². The van der Waals surface area contributed by atoms with Gasteiger partial charge in [-0.25, -0.2) is 0 Å². The number of aryl methyl sites for hydroxylation is 1. The summed E-state index contributed by atoms with van der Waals surface area (Å²) in [6.07, 6.45) is 0.456. The molecule has 2 heteroatoms. The lowest BCUT2D eigenvalue weighted by molar-refractivity contribution is 0.0997. The molecule has 122 valence electrons. The second-order valence-electron chi connectivity index (χ2n) is 6.31. The number of carbonyl (C=O) groups excluding carboxylic acids is 1. The molecule has 4 rings (SSSR count). The van der Waals surface area contributed by atoms with E-state index in [1.807, 2.05) is 18.2 Å². The van der Waals surface area contributed by atoms with Crippen LogP contribution in [0.5, 0.6) is 0 Å². The first kappa shape index (κ1) is 15.8. The van der Waals surface area contributed by atoms with Crippen molar-refractivity contribution < 1.29 is 4.79 Å². The lowest BCUT2D eigenvalue weighted by atomic mass is 10.1. The maximum atomic E-state index is 12.6. The molecule has 0 bridgehead atoms. The normalized spacial score (nSPS) is 10.9. The molecule has 0 unspecified atom stereocenters. The highest BCUT2D eigenvalue weighted by Crippen LogP contribution is 2.31. The van der Waals surface area contributed by atoms with Crippen LogP contribution in [0.2, 0.25) is 0 Å². The minimum Gasteiger partial charge on any atom is -0.293 e. The van der Waals surface area contributed by atoms with E-state index in [0.29, 0.717) is 6.42 Å². The minimum atomic E-state index is 0.181. The van der Waals surface area contributed by atoms with Crippen molar-refractivity contribution in [2.24, 2.45) is 0 Å². The third kappa shape index (κ3) is 3.40. The average molecular weight is 342 g/mol. The third-order valence-corrected chi connectivity index (χ3v) is 5.58. The van der Waals surface area contributed by atoms with Gasteiger partial charge in [-0.05, 0) is 47.0 Å². The smallest absolute Gasteiger partial charge is 0.177 e. The Hall–Kier alpha value is -2.71. The van der Waals surface area contributed by atoms with Crippen LogP contribution in [0, 0.1) is 6.92 Å². The van der Waals surface area contributed by atoms with E-state index in [4.69, 9.17) is 0 Å². The van der Waals surface area contributed by atoms with E-state index in [1.54, 1.807) is 11.3 Å². The Morgan fingerprint density at radius 1 is 0.840 bits per heavy atom. The van der Waals surface area contributed by atoms with Crippen molar-refractivity contribution in [3.63, 3.8) is 0 Å². The highest BCUT2D eigenvalue weighted by atomic mass is 32.1. The molecule has 1 nitrogen and oxygen atoms in total. The number of hydrogen-bond donors (Lipinski definition) is 0. The number of thiophene rings is 1. The molecule has 0 amide bonds. The summed E-state index contributed by atoms with van der Waals surface area (Å²) in [5.41, 5.74) is 3.44. The monoisotopic (exact) mass is 342 g/mol. The number of ketones is 1. The largest absolute Gasteiger partial charge is 0.293 e. The van der Waals surface area contributed by atoms with Gasteiger partial charge >= 0.3 is 0 Å². The van der Waals surface area contributed by atoms with E-state index in [0.717, 1.165) is 20.9 Å². The van der Waals surface area contributed by atoms with Gasteiger partial charge in [-0.3, -0.25) is 4.79 Å². The highest BCUT2D eigenvalue weighted by Gasteiger charge is 2.11. The molecule has 1 heterocycles. The Morgan fingerprint density at radius 3 is 2.40 bits per heavy atom. The van der Waals surface area contributed by atoms with Crippen LogP contribution >= 0.6 is 11.3 Å². The summed E-state index contributed by atoms with van der Waals surface area (Å²) in [7, 11) is 0. The fraction of sp³-hybridized carbons (Fsp3) is 0.0870. The van der Waals surface area contributed by atoms with Gasteiger partial charge in [-0.1, -0.05) is 66.2 Å². The Kier molecular flexibility index (Phi) is 4.21. The van der Waals surface area contributed by atoms with Gasteiger partial charge in [0, 0.05) is 11.3 Å². The molecule has 4 aromatic rings. The zero-order valence-electron chi connectivity index (χ0n) is 14.0. The first-order valence-corrected chi connectivity index (χ1v) is 9.18. The van der Waals surface area contributed by atoms with Crippen molar-refractivity contribution in [3.8, 4) is 10.4 Å². The second-order valence-corrected chi connectivity index (χ2v) is 7.40. The van der Waals surface area contributed by atoms with Crippen molar-refractivity contribution >= 4 is 27.9 Å². The molecule has 0 atom stereocenters. The number of carbonyl (C=O) groups is 1. The predicted molar refractivity (Wildman–Crippen MR) is 106 cm³/mol. The standard InChI is InChI=1S/C23H18OS/c1-16-6-8-17(9-7-16)14-21(24)23-13-12-22(25-23)20-11-10-18-4-2-3-5-19(18)15-20/h2-13,15H,14H2,1H3. The molecular formula is C23H18OS. The minimum absolute atomic E-state index is 0.181. The maximum Gasteiger partial charge on any atom is 0.177 e. The number of benzene rings is 3. The molecule has 0 aliphatic carbocycles. The van der Waals surface area contributed by atoms with Crippen LogP contribution in [0.4, 0.5) is 0 Å². The Balaban J connectivity index is 1.58. The molecule has 0 saturated carbocycles. The van der Waals surface area contributed by atoms with E-state index >= 15 is 0 Å². The number of fused-ring (bicyclic) bond motifs is 1. The summed E-state index contributed by atoms with van der Waals surface area (Å²) in [4.78, 5) is 14.5. The van der Waals surface area contributed by atoms with Gasteiger partial charge in [0.1, 0.15) is 0 Å². The molecule has 3 aromatic carbocycles. The molecule has 0 spiro atoms. The van der Waals surface area contributed by atoms with Crippen molar-refractivity contribution in [1.82, 2.24) is 0 Å². The van der Waals surface area contributed by atoms with Crippen LogP contribution in [0.15, 0.2) is 78.9 Å². The third-order valence-electron chi connectivity index (χ3n) is 4.40. The number of hydrogen-bond acceptors (Lipinski definition) is 2. The summed E-state index contributed by atoms with van der Waals surface area (Å²) in [6.45, 7) is 2.06. The summed E-state index contributed by atoms with van der Waals surface area (Å²) in [5.74, 6) is 0.181. The molecule has 0 aliphatic rings. The van der Waals surface area contributed by atoms with Crippen molar-refractivity contribution in [1.29, 1.82) is 0 Å². The van der Waals surface area contributed by atoms with E-state index in [1.165, 1.54) is 16.3 Å². The van der Waals surface area contributed by atoms with Gasteiger partial charge in [0.2, 0.25) is 0 Å². The first-order valence-electron chi connectivity index (χ1n) is 8.37. The molecule has 0 radical (unpaired) electrons. The van der Waals surface area contributed by atoms with Crippen molar-refractivity contribution in [2.45, 2.75) is 13.3 Å². The molecule has 25 heavy (non-hydrogen) atoms. The Morgan fingerprint density at radius 2 is 1.60 bits per heavy atom. The topological polar surface area (TPSA) is 17.1 Å². The van der Waals surface area contributed by atoms with E-state index in [-0.39, 0.29) is 5.78 Å². The van der Waals surface area contributed by atoms with Gasteiger partial charge in [0.15, 0.2) is 5.78 Å². The van der Waals surface area contributed by atoms with Gasteiger partial charge in [0.05, 0.1) is 4.88 Å². The number of Topliss-reactive ketones (excluding diaryl/α,β-unsaturated/α-hetero) is 1. The summed E-state index contributed by atoms with van der Waals surface area (Å²) in [6, 6.07) is 27.0. The fourth-order valence-corrected chi connectivity index (χ4v) is 3.90. The molecule has 0 aliphatic heterocycles. The molecule has 1 aromatic heterocycles. The van der Waals surface area contributed by atoms with E-state index in [2.05, 4.69) is 67.6 Å². The molecule has 0 N–H and O–H groups in total. The quantitative estimate of drug-likeness (QED) is 0.398.